The number of nitrogens with zero attached hydrogens (tertiary/aromatic N) is 2. The maximum Gasteiger partial charge on any atom is 0.243 e. The maximum atomic E-state index is 12.6. The summed E-state index contributed by atoms with van der Waals surface area (Å²) in [5.41, 5.74) is 2.07. The zero-order valence-electron chi connectivity index (χ0n) is 14.8. The van der Waals surface area contributed by atoms with Crippen molar-refractivity contribution in [2.75, 3.05) is 34.2 Å². The van der Waals surface area contributed by atoms with Gasteiger partial charge in [-0.2, -0.15) is 0 Å². The third kappa shape index (κ3) is 4.35. The molecule has 2 N–H and O–H groups in total. The van der Waals surface area contributed by atoms with E-state index >= 15 is 0 Å². The average molecular weight is 330 g/mol. The van der Waals surface area contributed by atoms with Gasteiger partial charge in [0.1, 0.15) is 6.04 Å². The number of fused-ring (bicyclic) bond motifs is 1. The SMILES string of the molecule is CC(=O)N(C)C(Cc1c[nH]c2ccccc12)C(=O)NCCN(C)C. The summed E-state index contributed by atoms with van der Waals surface area (Å²) in [6.07, 6.45) is 2.40. The van der Waals surface area contributed by atoms with E-state index in [0.717, 1.165) is 23.0 Å². The lowest BCUT2D eigenvalue weighted by molar-refractivity contribution is -0.137. The van der Waals surface area contributed by atoms with Crippen LogP contribution in [-0.2, 0) is 16.0 Å². The van der Waals surface area contributed by atoms with Gasteiger partial charge in [0.2, 0.25) is 11.8 Å². The Morgan fingerprint density at radius 1 is 1.21 bits per heavy atom. The largest absolute Gasteiger partial charge is 0.361 e. The van der Waals surface area contributed by atoms with Crippen LogP contribution >= 0.6 is 0 Å². The number of nitrogens with one attached hydrogen (secondary N) is 2. The quantitative estimate of drug-likeness (QED) is 0.802. The van der Waals surface area contributed by atoms with Gasteiger partial charge in [0, 0.05) is 50.6 Å². The van der Waals surface area contributed by atoms with Gasteiger partial charge in [0.15, 0.2) is 0 Å². The molecular weight excluding hydrogens is 304 g/mol. The number of carbonyl (C=O) groups excluding carboxylic acids is 2. The van der Waals surface area contributed by atoms with Gasteiger partial charge in [-0.3, -0.25) is 9.59 Å². The molecule has 1 atom stereocenters. The summed E-state index contributed by atoms with van der Waals surface area (Å²) in [6, 6.07) is 7.44. The molecule has 2 amide bonds. The van der Waals surface area contributed by atoms with Crippen LogP contribution in [0.5, 0.6) is 0 Å². The highest BCUT2D eigenvalue weighted by atomic mass is 16.2. The molecule has 1 heterocycles. The van der Waals surface area contributed by atoms with Crippen molar-refractivity contribution in [1.29, 1.82) is 0 Å². The zero-order chi connectivity index (χ0) is 17.7. The van der Waals surface area contributed by atoms with E-state index in [4.69, 9.17) is 0 Å². The van der Waals surface area contributed by atoms with Crippen molar-refractivity contribution in [2.45, 2.75) is 19.4 Å². The van der Waals surface area contributed by atoms with Crippen LogP contribution in [0.4, 0.5) is 0 Å². The Hall–Kier alpha value is -2.34. The van der Waals surface area contributed by atoms with Crippen LogP contribution in [0.1, 0.15) is 12.5 Å². The number of aromatic amines is 1. The van der Waals surface area contributed by atoms with Crippen molar-refractivity contribution in [2.24, 2.45) is 0 Å². The van der Waals surface area contributed by atoms with Gasteiger partial charge < -0.3 is 20.1 Å². The number of aromatic nitrogens is 1. The molecule has 0 saturated carbocycles. The van der Waals surface area contributed by atoms with Crippen molar-refractivity contribution < 1.29 is 9.59 Å². The highest BCUT2D eigenvalue weighted by Gasteiger charge is 2.26. The van der Waals surface area contributed by atoms with Crippen LogP contribution in [0.2, 0.25) is 0 Å². The molecule has 0 aliphatic carbocycles. The first kappa shape index (κ1) is 18.0. The Labute approximate surface area is 142 Å². The Morgan fingerprint density at radius 3 is 2.58 bits per heavy atom. The molecule has 2 rings (SSSR count). The molecule has 0 aliphatic heterocycles. The van der Waals surface area contributed by atoms with Crippen LogP contribution in [-0.4, -0.2) is 66.9 Å². The molecule has 6 nitrogen and oxygen atoms in total. The van der Waals surface area contributed by atoms with Crippen molar-refractivity contribution >= 4 is 22.7 Å². The first-order valence-corrected chi connectivity index (χ1v) is 8.11. The minimum Gasteiger partial charge on any atom is -0.361 e. The van der Waals surface area contributed by atoms with Crippen LogP contribution in [0.25, 0.3) is 10.9 Å². The Morgan fingerprint density at radius 2 is 1.92 bits per heavy atom. The van der Waals surface area contributed by atoms with E-state index in [1.54, 1.807) is 7.05 Å². The molecule has 0 spiro atoms. The first-order chi connectivity index (χ1) is 11.4. The third-order valence-corrected chi connectivity index (χ3v) is 4.21. The molecule has 24 heavy (non-hydrogen) atoms. The lowest BCUT2D eigenvalue weighted by Gasteiger charge is -2.26. The van der Waals surface area contributed by atoms with Crippen LogP contribution < -0.4 is 5.32 Å². The van der Waals surface area contributed by atoms with E-state index in [1.165, 1.54) is 11.8 Å². The van der Waals surface area contributed by atoms with Crippen molar-refractivity contribution in [3.63, 3.8) is 0 Å². The van der Waals surface area contributed by atoms with Gasteiger partial charge in [-0.05, 0) is 25.7 Å². The standard InChI is InChI=1S/C18H26N4O2/c1-13(23)22(4)17(18(24)19-9-10-21(2)3)11-14-12-20-16-8-6-5-7-15(14)16/h5-8,12,17,20H,9-11H2,1-4H3,(H,19,24). The Kier molecular flexibility index (Phi) is 5.98. The predicted octanol–water partition coefficient (Wildman–Crippen LogP) is 1.24. The number of H-pyrrole nitrogens is 1. The molecule has 0 aliphatic rings. The molecule has 130 valence electrons. The zero-order valence-corrected chi connectivity index (χ0v) is 14.8. The number of hydrogen-bond donors (Lipinski definition) is 2. The van der Waals surface area contributed by atoms with Gasteiger partial charge in [0.05, 0.1) is 0 Å². The number of hydrogen-bond acceptors (Lipinski definition) is 3. The second-order valence-electron chi connectivity index (χ2n) is 6.30. The minimum absolute atomic E-state index is 0.123. The molecule has 1 aromatic carbocycles. The smallest absolute Gasteiger partial charge is 0.243 e. The summed E-state index contributed by atoms with van der Waals surface area (Å²) in [4.78, 5) is 31.1. The van der Waals surface area contributed by atoms with E-state index in [2.05, 4.69) is 10.3 Å². The molecular formula is C18H26N4O2. The summed E-state index contributed by atoms with van der Waals surface area (Å²) in [5, 5.41) is 4.01. The van der Waals surface area contributed by atoms with Gasteiger partial charge in [-0.25, -0.2) is 0 Å². The summed E-state index contributed by atoms with van der Waals surface area (Å²) < 4.78 is 0. The number of para-hydroxylation sites is 1. The topological polar surface area (TPSA) is 68.4 Å². The first-order valence-electron chi connectivity index (χ1n) is 8.11. The molecule has 1 unspecified atom stereocenters. The third-order valence-electron chi connectivity index (χ3n) is 4.21. The maximum absolute atomic E-state index is 12.6. The van der Waals surface area contributed by atoms with Gasteiger partial charge in [0.25, 0.3) is 0 Å². The molecule has 0 bridgehead atoms. The van der Waals surface area contributed by atoms with Crippen LogP contribution in [0.3, 0.4) is 0 Å². The van der Waals surface area contributed by atoms with E-state index in [-0.39, 0.29) is 11.8 Å². The van der Waals surface area contributed by atoms with Crippen LogP contribution in [0, 0.1) is 0 Å². The number of amides is 2. The van der Waals surface area contributed by atoms with E-state index in [9.17, 15) is 9.59 Å². The summed E-state index contributed by atoms with van der Waals surface area (Å²) >= 11 is 0. The Balaban J connectivity index is 2.17. The molecule has 0 fully saturated rings. The molecule has 0 saturated heterocycles. The highest BCUT2D eigenvalue weighted by Crippen LogP contribution is 2.20. The molecule has 0 radical (unpaired) electrons. The number of carbonyl (C=O) groups is 2. The lowest BCUT2D eigenvalue weighted by atomic mass is 10.0. The summed E-state index contributed by atoms with van der Waals surface area (Å²) in [7, 11) is 5.59. The van der Waals surface area contributed by atoms with Crippen LogP contribution in [0.15, 0.2) is 30.5 Å². The monoisotopic (exact) mass is 330 g/mol. The lowest BCUT2D eigenvalue weighted by Crippen LogP contribution is -2.49. The second kappa shape index (κ2) is 7.97. The van der Waals surface area contributed by atoms with E-state index in [1.807, 2.05) is 49.5 Å². The van der Waals surface area contributed by atoms with Gasteiger partial charge in [-0.15, -0.1) is 0 Å². The van der Waals surface area contributed by atoms with Crippen molar-refractivity contribution in [3.05, 3.63) is 36.0 Å². The Bertz CT molecular complexity index is 708. The molecule has 2 aromatic rings. The summed E-state index contributed by atoms with van der Waals surface area (Å²) in [6.45, 7) is 2.80. The normalized spacial score (nSPS) is 12.4. The fourth-order valence-electron chi connectivity index (χ4n) is 2.65. The number of rotatable bonds is 7. The minimum atomic E-state index is -0.524. The second-order valence-corrected chi connectivity index (χ2v) is 6.30. The number of likely N-dealkylation sites (N-methyl/N-ethyl adjacent to an activating group) is 2. The molecule has 6 heteroatoms. The fraction of sp³-hybridized carbons (Fsp3) is 0.444. The highest BCUT2D eigenvalue weighted by molar-refractivity contribution is 5.89. The van der Waals surface area contributed by atoms with Crippen molar-refractivity contribution in [1.82, 2.24) is 20.1 Å². The number of benzene rings is 1. The van der Waals surface area contributed by atoms with Crippen molar-refractivity contribution in [3.8, 4) is 0 Å². The average Bonchev–Trinajstić information content (AvgIpc) is 2.94. The van der Waals surface area contributed by atoms with E-state index < -0.39 is 6.04 Å². The molecule has 1 aromatic heterocycles. The summed E-state index contributed by atoms with van der Waals surface area (Å²) in [5.74, 6) is -0.248. The predicted molar refractivity (Wildman–Crippen MR) is 95.8 cm³/mol. The van der Waals surface area contributed by atoms with Gasteiger partial charge in [-0.1, -0.05) is 18.2 Å². The van der Waals surface area contributed by atoms with E-state index in [0.29, 0.717) is 13.0 Å². The van der Waals surface area contributed by atoms with Gasteiger partial charge >= 0.3 is 0 Å². The fourth-order valence-corrected chi connectivity index (χ4v) is 2.65.